The summed E-state index contributed by atoms with van der Waals surface area (Å²) in [4.78, 5) is 0. The Morgan fingerprint density at radius 3 is 1.68 bits per heavy atom. The maximum absolute atomic E-state index is 13.5. The van der Waals surface area contributed by atoms with Gasteiger partial charge in [-0.25, -0.2) is 0 Å². The molecule has 0 aliphatic rings. The normalized spacial score (nSPS) is 13.6. The summed E-state index contributed by atoms with van der Waals surface area (Å²) in [6.45, 7) is 3.34. The van der Waals surface area contributed by atoms with Crippen LogP contribution in [0, 0.1) is 0 Å². The molecule has 0 saturated heterocycles. The van der Waals surface area contributed by atoms with Crippen LogP contribution in [0.25, 0.3) is 0 Å². The van der Waals surface area contributed by atoms with Gasteiger partial charge in [0.2, 0.25) is 0 Å². The van der Waals surface area contributed by atoms with E-state index in [1.165, 1.54) is 5.32 Å². The molecule has 1 nitrogen and oxygen atoms in total. The lowest BCUT2D eigenvalue weighted by atomic mass is 10.0. The fourth-order valence-electron chi connectivity index (χ4n) is 2.07. The highest BCUT2D eigenvalue weighted by Crippen LogP contribution is 2.46. The van der Waals surface area contributed by atoms with Crippen molar-refractivity contribution in [2.24, 2.45) is 0 Å². The van der Waals surface area contributed by atoms with Gasteiger partial charge in [-0.05, 0) is 12.8 Å². The summed E-state index contributed by atoms with van der Waals surface area (Å²) in [5, 5.41) is 1.30. The molecular formula is C15H27F6N. The Labute approximate surface area is 128 Å². The molecule has 7 heteroatoms. The van der Waals surface area contributed by atoms with E-state index in [2.05, 4.69) is 0 Å². The van der Waals surface area contributed by atoms with Crippen molar-refractivity contribution in [3.8, 4) is 0 Å². The van der Waals surface area contributed by atoms with Gasteiger partial charge in [0.05, 0.1) is 0 Å². The van der Waals surface area contributed by atoms with Gasteiger partial charge in [0.1, 0.15) is 0 Å². The summed E-state index contributed by atoms with van der Waals surface area (Å²) in [5.41, 5.74) is 0. The Bertz CT molecular complexity index is 294. The average Bonchev–Trinajstić information content (AvgIpc) is 2.43. The number of rotatable bonds is 13. The summed E-state index contributed by atoms with van der Waals surface area (Å²) in [6.07, 6.45) is 2.78. The number of nitrogens with one attached hydrogen (secondary N) is 1. The monoisotopic (exact) mass is 335 g/mol. The van der Waals surface area contributed by atoms with E-state index in [0.29, 0.717) is 19.3 Å². The summed E-state index contributed by atoms with van der Waals surface area (Å²) in [6, 6.07) is -4.91. The van der Waals surface area contributed by atoms with E-state index in [9.17, 15) is 26.3 Å². The van der Waals surface area contributed by atoms with Crippen molar-refractivity contribution >= 4 is 0 Å². The highest BCUT2D eigenvalue weighted by molar-refractivity contribution is 4.94. The van der Waals surface area contributed by atoms with Gasteiger partial charge >= 0.3 is 17.9 Å². The number of hydrogen-bond acceptors (Lipinski definition) is 1. The number of unbranched alkanes of at least 4 members (excludes halogenated alkanes) is 6. The van der Waals surface area contributed by atoms with E-state index in [1.807, 2.05) is 13.8 Å². The van der Waals surface area contributed by atoms with Crippen molar-refractivity contribution in [1.82, 2.24) is 5.32 Å². The molecule has 0 amide bonds. The minimum Gasteiger partial charge on any atom is -0.253 e. The van der Waals surface area contributed by atoms with Gasteiger partial charge in [-0.1, -0.05) is 52.4 Å². The molecule has 0 saturated carbocycles. The van der Waals surface area contributed by atoms with E-state index in [0.717, 1.165) is 19.3 Å². The first kappa shape index (κ1) is 21.5. The zero-order valence-electron chi connectivity index (χ0n) is 13.3. The van der Waals surface area contributed by atoms with Crippen LogP contribution >= 0.6 is 0 Å². The molecule has 0 atom stereocenters. The van der Waals surface area contributed by atoms with Crippen LogP contribution in [0.1, 0.15) is 71.6 Å². The van der Waals surface area contributed by atoms with Crippen molar-refractivity contribution in [1.29, 1.82) is 0 Å². The van der Waals surface area contributed by atoms with Crippen molar-refractivity contribution < 1.29 is 26.3 Å². The smallest absolute Gasteiger partial charge is 0.253 e. The highest BCUT2D eigenvalue weighted by atomic mass is 19.3. The van der Waals surface area contributed by atoms with Crippen LogP contribution in [0.2, 0.25) is 0 Å². The third-order valence-electron chi connectivity index (χ3n) is 3.58. The number of hydrogen-bond donors (Lipinski definition) is 1. The third kappa shape index (κ3) is 6.34. The molecular weight excluding hydrogens is 308 g/mol. The predicted molar refractivity (Wildman–Crippen MR) is 75.7 cm³/mol. The van der Waals surface area contributed by atoms with Crippen molar-refractivity contribution in [2.75, 3.05) is 6.54 Å². The average molecular weight is 335 g/mol. The second kappa shape index (κ2) is 9.63. The summed E-state index contributed by atoms with van der Waals surface area (Å²) in [5.74, 6) is -10.1. The van der Waals surface area contributed by atoms with Gasteiger partial charge in [-0.2, -0.15) is 26.3 Å². The van der Waals surface area contributed by atoms with E-state index >= 15 is 0 Å². The Hall–Kier alpha value is -0.460. The first-order valence-electron chi connectivity index (χ1n) is 8.01. The van der Waals surface area contributed by atoms with Gasteiger partial charge in [0.15, 0.2) is 0 Å². The van der Waals surface area contributed by atoms with Gasteiger partial charge in [-0.3, -0.25) is 5.32 Å². The van der Waals surface area contributed by atoms with Crippen LogP contribution in [-0.2, 0) is 0 Å². The minimum absolute atomic E-state index is 0.191. The SMILES string of the molecule is CCCCCCNC(F)(F)C(F)(F)C(F)(F)CCCCCC. The maximum Gasteiger partial charge on any atom is 0.386 e. The molecule has 0 aliphatic heterocycles. The number of halogens is 6. The van der Waals surface area contributed by atoms with Crippen LogP contribution in [0.4, 0.5) is 26.3 Å². The maximum atomic E-state index is 13.5. The number of alkyl halides is 6. The van der Waals surface area contributed by atoms with Crippen LogP contribution in [0.5, 0.6) is 0 Å². The first-order chi connectivity index (χ1) is 10.1. The molecule has 1 N–H and O–H groups in total. The standard InChI is InChI=1S/C15H27F6N/c1-3-5-7-9-11-13(16,17)14(18,19)15(20,21)22-12-10-8-6-4-2/h22H,3-12H2,1-2H3. The highest BCUT2D eigenvalue weighted by Gasteiger charge is 2.70. The summed E-state index contributed by atoms with van der Waals surface area (Å²) < 4.78 is 80.9. The fourth-order valence-corrected chi connectivity index (χ4v) is 2.07. The Kier molecular flexibility index (Phi) is 9.43. The Morgan fingerprint density at radius 1 is 0.682 bits per heavy atom. The van der Waals surface area contributed by atoms with E-state index < -0.39 is 30.9 Å². The Balaban J connectivity index is 4.50. The summed E-state index contributed by atoms with van der Waals surface area (Å²) >= 11 is 0. The van der Waals surface area contributed by atoms with Crippen LogP contribution < -0.4 is 5.32 Å². The quantitative estimate of drug-likeness (QED) is 0.248. The van der Waals surface area contributed by atoms with Crippen LogP contribution in [0.15, 0.2) is 0 Å². The molecule has 22 heavy (non-hydrogen) atoms. The van der Waals surface area contributed by atoms with E-state index in [4.69, 9.17) is 0 Å². The molecule has 0 aromatic heterocycles. The molecule has 0 spiro atoms. The van der Waals surface area contributed by atoms with Crippen molar-refractivity contribution in [3.05, 3.63) is 0 Å². The van der Waals surface area contributed by atoms with Gasteiger partial charge < -0.3 is 0 Å². The zero-order chi connectivity index (χ0) is 17.3. The molecule has 0 aromatic rings. The molecule has 134 valence electrons. The van der Waals surface area contributed by atoms with Gasteiger partial charge in [0, 0.05) is 13.0 Å². The summed E-state index contributed by atoms with van der Waals surface area (Å²) in [7, 11) is 0. The lowest BCUT2D eigenvalue weighted by molar-refractivity contribution is -0.320. The van der Waals surface area contributed by atoms with Crippen LogP contribution in [0.3, 0.4) is 0 Å². The lowest BCUT2D eigenvalue weighted by Gasteiger charge is -2.33. The molecule has 0 radical (unpaired) electrons. The second-order valence-electron chi connectivity index (χ2n) is 5.65. The molecule has 0 aliphatic carbocycles. The van der Waals surface area contributed by atoms with E-state index in [-0.39, 0.29) is 12.8 Å². The third-order valence-corrected chi connectivity index (χ3v) is 3.58. The van der Waals surface area contributed by atoms with Crippen molar-refractivity contribution in [2.45, 2.75) is 89.5 Å². The molecule has 0 aromatic carbocycles. The Morgan fingerprint density at radius 2 is 1.18 bits per heavy atom. The second-order valence-corrected chi connectivity index (χ2v) is 5.65. The van der Waals surface area contributed by atoms with Gasteiger partial charge in [-0.15, -0.1) is 0 Å². The molecule has 0 fully saturated rings. The van der Waals surface area contributed by atoms with E-state index in [1.54, 1.807) is 0 Å². The van der Waals surface area contributed by atoms with Gasteiger partial charge in [0.25, 0.3) is 0 Å². The molecule has 0 unspecified atom stereocenters. The minimum atomic E-state index is -5.39. The fraction of sp³-hybridized carbons (Fsp3) is 1.00. The predicted octanol–water partition coefficient (Wildman–Crippen LogP) is 5.99. The molecule has 0 heterocycles. The zero-order valence-corrected chi connectivity index (χ0v) is 13.3. The topological polar surface area (TPSA) is 12.0 Å². The molecule has 0 bridgehead atoms. The molecule has 0 rings (SSSR count). The lowest BCUT2D eigenvalue weighted by Crippen LogP contribution is -2.61. The largest absolute Gasteiger partial charge is 0.386 e. The van der Waals surface area contributed by atoms with Crippen molar-refractivity contribution in [3.63, 3.8) is 0 Å². The van der Waals surface area contributed by atoms with Crippen LogP contribution in [-0.4, -0.2) is 24.4 Å². The first-order valence-corrected chi connectivity index (χ1v) is 8.01.